The summed E-state index contributed by atoms with van der Waals surface area (Å²) in [6.45, 7) is 0.166. The van der Waals surface area contributed by atoms with Crippen molar-refractivity contribution >= 4 is 29.5 Å². The Kier molecular flexibility index (Phi) is 5.27. The van der Waals surface area contributed by atoms with Crippen LogP contribution >= 0.6 is 11.6 Å². The maximum absolute atomic E-state index is 12.4. The lowest BCUT2D eigenvalue weighted by atomic mass is 10.2. The monoisotopic (exact) mass is 387 g/mol. The predicted octanol–water partition coefficient (Wildman–Crippen LogP) is 1.99. The highest BCUT2D eigenvalue weighted by Gasteiger charge is 2.23. The second-order valence-electron chi connectivity index (χ2n) is 5.51. The highest BCUT2D eigenvalue weighted by atomic mass is 35.5. The quantitative estimate of drug-likeness (QED) is 0.394. The smallest absolute Gasteiger partial charge is 0.358 e. The summed E-state index contributed by atoms with van der Waals surface area (Å²) in [5.41, 5.74) is 3.81. The molecule has 1 N–H and O–H groups in total. The molecule has 0 spiro atoms. The third-order valence-electron chi connectivity index (χ3n) is 3.65. The van der Waals surface area contributed by atoms with Crippen molar-refractivity contribution in [3.63, 3.8) is 0 Å². The number of halogens is 1. The van der Waals surface area contributed by atoms with Crippen molar-refractivity contribution in [1.82, 2.24) is 25.0 Å². The Hall–Kier alpha value is -3.53. The average molecular weight is 388 g/mol. The Bertz CT molecular complexity index is 1010. The lowest BCUT2D eigenvalue weighted by Gasteiger charge is -2.03. The molecule has 1 aromatic carbocycles. The second-order valence-corrected chi connectivity index (χ2v) is 5.94. The van der Waals surface area contributed by atoms with E-state index in [1.807, 2.05) is 0 Å². The molecule has 0 aliphatic heterocycles. The van der Waals surface area contributed by atoms with E-state index in [4.69, 9.17) is 11.6 Å². The van der Waals surface area contributed by atoms with E-state index in [2.05, 4.69) is 20.7 Å². The molecular formula is C16H14ClN7O3. The number of amides is 1. The van der Waals surface area contributed by atoms with Crippen LogP contribution in [0.15, 0.2) is 47.7 Å². The van der Waals surface area contributed by atoms with E-state index in [0.29, 0.717) is 10.7 Å². The Morgan fingerprint density at radius 3 is 2.74 bits per heavy atom. The van der Waals surface area contributed by atoms with Gasteiger partial charge < -0.3 is 10.1 Å². The van der Waals surface area contributed by atoms with Gasteiger partial charge in [-0.1, -0.05) is 23.7 Å². The molecule has 2 heterocycles. The summed E-state index contributed by atoms with van der Waals surface area (Å²) >= 11 is 5.85. The fourth-order valence-electron chi connectivity index (χ4n) is 2.28. The lowest BCUT2D eigenvalue weighted by molar-refractivity contribution is -0.389. The number of benzene rings is 1. The van der Waals surface area contributed by atoms with Gasteiger partial charge in [-0.3, -0.25) is 9.48 Å². The number of carbonyl (C=O) groups is 1. The third-order valence-corrected chi connectivity index (χ3v) is 3.91. The number of nitrogens with one attached hydrogen (secondary N) is 1. The topological polar surface area (TPSA) is 120 Å². The Morgan fingerprint density at radius 1 is 1.37 bits per heavy atom. The van der Waals surface area contributed by atoms with Crippen LogP contribution < -0.4 is 5.43 Å². The first kappa shape index (κ1) is 18.3. The van der Waals surface area contributed by atoms with Gasteiger partial charge in [0.25, 0.3) is 5.91 Å². The molecular weight excluding hydrogens is 374 g/mol. The van der Waals surface area contributed by atoms with E-state index in [1.165, 1.54) is 10.9 Å². The molecule has 0 atom stereocenters. The molecule has 3 rings (SSSR count). The van der Waals surface area contributed by atoms with Crippen molar-refractivity contribution in [2.75, 3.05) is 0 Å². The van der Waals surface area contributed by atoms with Gasteiger partial charge in [-0.15, -0.1) is 0 Å². The summed E-state index contributed by atoms with van der Waals surface area (Å²) < 4.78 is 2.82. The van der Waals surface area contributed by atoms with Crippen molar-refractivity contribution in [3.8, 4) is 0 Å². The van der Waals surface area contributed by atoms with E-state index >= 15 is 0 Å². The van der Waals surface area contributed by atoms with Gasteiger partial charge in [0.2, 0.25) is 0 Å². The summed E-state index contributed by atoms with van der Waals surface area (Å²) in [5, 5.41) is 23.3. The van der Waals surface area contributed by atoms with E-state index < -0.39 is 16.6 Å². The molecule has 0 aliphatic carbocycles. The third kappa shape index (κ3) is 4.36. The molecule has 11 heteroatoms. The van der Waals surface area contributed by atoms with E-state index in [9.17, 15) is 14.9 Å². The molecule has 2 aromatic heterocycles. The van der Waals surface area contributed by atoms with Crippen LogP contribution in [0.25, 0.3) is 0 Å². The highest BCUT2D eigenvalue weighted by molar-refractivity contribution is 6.30. The van der Waals surface area contributed by atoms with Crippen molar-refractivity contribution in [1.29, 1.82) is 0 Å². The molecule has 10 nitrogen and oxygen atoms in total. The Balaban J connectivity index is 1.81. The number of hydrogen-bond donors (Lipinski definition) is 1. The number of rotatable bonds is 6. The predicted molar refractivity (Wildman–Crippen MR) is 97.7 cm³/mol. The maximum atomic E-state index is 12.4. The average Bonchev–Trinajstić information content (AvgIpc) is 3.24. The molecule has 0 saturated heterocycles. The molecule has 0 bridgehead atoms. The number of nitro groups is 1. The molecule has 1 amide bonds. The minimum atomic E-state index is -0.659. The first-order valence-electron chi connectivity index (χ1n) is 7.72. The highest BCUT2D eigenvalue weighted by Crippen LogP contribution is 2.16. The molecule has 0 fully saturated rings. The molecule has 0 radical (unpaired) electrons. The van der Waals surface area contributed by atoms with Gasteiger partial charge in [0.15, 0.2) is 5.69 Å². The molecule has 138 valence electrons. The van der Waals surface area contributed by atoms with Gasteiger partial charge >= 0.3 is 5.82 Å². The zero-order valence-electron chi connectivity index (χ0n) is 14.1. The first-order chi connectivity index (χ1) is 12.9. The molecule has 3 aromatic rings. The zero-order valence-corrected chi connectivity index (χ0v) is 14.9. The van der Waals surface area contributed by atoms with Crippen molar-refractivity contribution in [2.24, 2.45) is 12.1 Å². The fourth-order valence-corrected chi connectivity index (χ4v) is 2.41. The Labute approximate surface area is 158 Å². The normalized spacial score (nSPS) is 11.0. The van der Waals surface area contributed by atoms with Gasteiger partial charge in [0, 0.05) is 18.3 Å². The first-order valence-corrected chi connectivity index (χ1v) is 8.10. The minimum Gasteiger partial charge on any atom is -0.358 e. The number of hydrazone groups is 1. The molecule has 0 unspecified atom stereocenters. The minimum absolute atomic E-state index is 0.0128. The van der Waals surface area contributed by atoms with Crippen LogP contribution in [0.3, 0.4) is 0 Å². The van der Waals surface area contributed by atoms with Crippen LogP contribution in [-0.2, 0) is 13.6 Å². The van der Waals surface area contributed by atoms with Crippen molar-refractivity contribution < 1.29 is 9.72 Å². The summed E-state index contributed by atoms with van der Waals surface area (Å²) in [7, 11) is 1.73. The van der Waals surface area contributed by atoms with Crippen LogP contribution in [0, 0.1) is 10.1 Å². The summed E-state index contributed by atoms with van der Waals surface area (Å²) in [5.74, 6) is -1.05. The SMILES string of the molecule is Cn1nccc1/C=N\NC(=O)c1cc([N+](=O)[O-])nn1Cc1ccc(Cl)cc1. The van der Waals surface area contributed by atoms with Crippen LogP contribution in [0.1, 0.15) is 21.7 Å². The largest absolute Gasteiger partial charge is 0.390 e. The van der Waals surface area contributed by atoms with Crippen LogP contribution in [0.5, 0.6) is 0 Å². The number of nitrogens with zero attached hydrogens (tertiary/aromatic N) is 6. The van der Waals surface area contributed by atoms with Crippen molar-refractivity contribution in [2.45, 2.75) is 6.54 Å². The van der Waals surface area contributed by atoms with E-state index in [1.54, 1.807) is 48.3 Å². The van der Waals surface area contributed by atoms with E-state index in [-0.39, 0.29) is 12.2 Å². The van der Waals surface area contributed by atoms with E-state index in [0.717, 1.165) is 11.6 Å². The Morgan fingerprint density at radius 2 is 2.11 bits per heavy atom. The van der Waals surface area contributed by atoms with Crippen LogP contribution in [0.2, 0.25) is 5.02 Å². The van der Waals surface area contributed by atoms with Crippen LogP contribution in [0.4, 0.5) is 5.82 Å². The summed E-state index contributed by atoms with van der Waals surface area (Å²) in [4.78, 5) is 22.8. The lowest BCUT2D eigenvalue weighted by Crippen LogP contribution is -2.22. The summed E-state index contributed by atoms with van der Waals surface area (Å²) in [6.07, 6.45) is 3.01. The maximum Gasteiger partial charge on any atom is 0.390 e. The molecule has 0 aliphatic rings. The van der Waals surface area contributed by atoms with Gasteiger partial charge in [-0.2, -0.15) is 14.9 Å². The summed E-state index contributed by atoms with van der Waals surface area (Å²) in [6, 6.07) is 9.69. The number of carbonyl (C=O) groups excluding carboxylic acids is 1. The zero-order chi connectivity index (χ0) is 19.4. The molecule has 0 saturated carbocycles. The second kappa shape index (κ2) is 7.79. The van der Waals surface area contributed by atoms with Crippen LogP contribution in [-0.4, -0.2) is 36.6 Å². The van der Waals surface area contributed by atoms with Gasteiger partial charge in [-0.25, -0.2) is 5.43 Å². The van der Waals surface area contributed by atoms with Gasteiger partial charge in [-0.05, 0) is 28.7 Å². The standard InChI is InChI=1S/C16H14ClN7O3/c1-22-13(6-7-19-22)9-18-20-16(25)14-8-15(24(26)27)21-23(14)10-11-2-4-12(17)5-3-11/h2-9H,10H2,1H3,(H,20,25)/b18-9-. The fraction of sp³-hybridized carbons (Fsp3) is 0.125. The van der Waals surface area contributed by atoms with Crippen molar-refractivity contribution in [3.05, 3.63) is 74.7 Å². The van der Waals surface area contributed by atoms with Gasteiger partial charge in [0.05, 0.1) is 29.6 Å². The molecule has 27 heavy (non-hydrogen) atoms. The number of hydrogen-bond acceptors (Lipinski definition) is 6. The number of aromatic nitrogens is 4. The number of aryl methyl sites for hydroxylation is 1. The van der Waals surface area contributed by atoms with Gasteiger partial charge in [0.1, 0.15) is 0 Å².